The normalized spacial score (nSPS) is 24.6. The molecule has 184 valence electrons. The van der Waals surface area contributed by atoms with Crippen molar-refractivity contribution < 1.29 is 29.2 Å². The van der Waals surface area contributed by atoms with Gasteiger partial charge < -0.3 is 29.7 Å². The molecule has 5 atom stereocenters. The van der Waals surface area contributed by atoms with E-state index in [4.69, 9.17) is 14.2 Å². The second kappa shape index (κ2) is 11.1. The van der Waals surface area contributed by atoms with E-state index in [2.05, 4.69) is 5.32 Å². The van der Waals surface area contributed by atoms with Gasteiger partial charge in [-0.3, -0.25) is 4.79 Å². The van der Waals surface area contributed by atoms with Crippen LogP contribution in [-0.2, 0) is 24.6 Å². The van der Waals surface area contributed by atoms with E-state index in [1.165, 1.54) is 14.0 Å². The van der Waals surface area contributed by atoms with Crippen molar-refractivity contribution in [3.63, 3.8) is 0 Å². The lowest BCUT2D eigenvalue weighted by Gasteiger charge is -2.44. The summed E-state index contributed by atoms with van der Waals surface area (Å²) in [7, 11) is 1.42. The molecular weight excluding hydrogens is 446 g/mol. The second-order valence-electron chi connectivity index (χ2n) is 8.58. The molecule has 1 amide bonds. The molecule has 0 unspecified atom stereocenters. The van der Waals surface area contributed by atoms with Crippen LogP contribution in [0.25, 0.3) is 0 Å². The van der Waals surface area contributed by atoms with Gasteiger partial charge in [0, 0.05) is 14.0 Å². The molecule has 0 bridgehead atoms. The number of carbonyl (C=O) groups is 1. The third-order valence-corrected chi connectivity index (χ3v) is 6.31. The standard InChI is InChI=1S/C28H31NO6/c1-19(30)29-24-26(32)25(31)23(35-27(24)33-2)18-34-28(20-12-6-3-7-13-20,21-14-8-4-9-15-21)22-16-10-5-11-17-22/h3-17,23-27,31-32H,18H2,1-2H3,(H,29,30)/t23-,24-,25-,26-,27+/m1/s1. The monoisotopic (exact) mass is 477 g/mol. The smallest absolute Gasteiger partial charge is 0.217 e. The number of nitrogens with one attached hydrogen (secondary N) is 1. The van der Waals surface area contributed by atoms with Crippen molar-refractivity contribution in [1.29, 1.82) is 0 Å². The molecule has 1 aliphatic rings. The van der Waals surface area contributed by atoms with E-state index in [0.29, 0.717) is 0 Å². The minimum Gasteiger partial charge on any atom is -0.388 e. The topological polar surface area (TPSA) is 97.2 Å². The molecule has 1 aliphatic heterocycles. The van der Waals surface area contributed by atoms with Gasteiger partial charge in [-0.15, -0.1) is 0 Å². The Kier molecular flexibility index (Phi) is 7.95. The number of hydrogen-bond donors (Lipinski definition) is 3. The van der Waals surface area contributed by atoms with Gasteiger partial charge in [-0.2, -0.15) is 0 Å². The van der Waals surface area contributed by atoms with E-state index in [1.54, 1.807) is 0 Å². The van der Waals surface area contributed by atoms with Crippen molar-refractivity contribution in [2.75, 3.05) is 13.7 Å². The lowest BCUT2D eigenvalue weighted by Crippen LogP contribution is -2.64. The zero-order chi connectivity index (χ0) is 24.8. The van der Waals surface area contributed by atoms with E-state index < -0.39 is 36.2 Å². The Morgan fingerprint density at radius 1 is 0.857 bits per heavy atom. The van der Waals surface area contributed by atoms with E-state index in [1.807, 2.05) is 91.0 Å². The highest BCUT2D eigenvalue weighted by Gasteiger charge is 2.47. The number of aliphatic hydroxyl groups excluding tert-OH is 2. The third kappa shape index (κ3) is 5.15. The summed E-state index contributed by atoms with van der Waals surface area (Å²) in [5.74, 6) is -0.363. The fourth-order valence-corrected chi connectivity index (χ4v) is 4.63. The zero-order valence-electron chi connectivity index (χ0n) is 19.8. The zero-order valence-corrected chi connectivity index (χ0v) is 19.8. The molecule has 0 aromatic heterocycles. The Balaban J connectivity index is 1.72. The maximum Gasteiger partial charge on any atom is 0.217 e. The van der Waals surface area contributed by atoms with Crippen LogP contribution in [0.1, 0.15) is 23.6 Å². The maximum absolute atomic E-state index is 11.6. The van der Waals surface area contributed by atoms with Gasteiger partial charge in [-0.1, -0.05) is 91.0 Å². The van der Waals surface area contributed by atoms with Gasteiger partial charge in [0.05, 0.1) is 6.61 Å². The van der Waals surface area contributed by atoms with Crippen LogP contribution >= 0.6 is 0 Å². The lowest BCUT2D eigenvalue weighted by atomic mass is 9.80. The average molecular weight is 478 g/mol. The van der Waals surface area contributed by atoms with Gasteiger partial charge in [-0.05, 0) is 16.7 Å². The largest absolute Gasteiger partial charge is 0.388 e. The van der Waals surface area contributed by atoms with Crippen LogP contribution in [0, 0.1) is 0 Å². The first-order chi connectivity index (χ1) is 17.0. The summed E-state index contributed by atoms with van der Waals surface area (Å²) in [6.45, 7) is 1.28. The van der Waals surface area contributed by atoms with E-state index >= 15 is 0 Å². The molecule has 0 spiro atoms. The van der Waals surface area contributed by atoms with E-state index in [-0.39, 0.29) is 12.5 Å². The van der Waals surface area contributed by atoms with Gasteiger partial charge >= 0.3 is 0 Å². The minimum absolute atomic E-state index is 0.0520. The highest BCUT2D eigenvalue weighted by Crippen LogP contribution is 2.41. The van der Waals surface area contributed by atoms with Gasteiger partial charge in [-0.25, -0.2) is 0 Å². The number of amides is 1. The molecule has 0 aliphatic carbocycles. The molecule has 7 heteroatoms. The highest BCUT2D eigenvalue weighted by atomic mass is 16.7. The quantitative estimate of drug-likeness (QED) is 0.432. The summed E-state index contributed by atoms with van der Waals surface area (Å²) in [4.78, 5) is 11.6. The SMILES string of the molecule is CO[C@H]1O[C@H](COC(c2ccccc2)(c2ccccc2)c2ccccc2)[C@@H](O)[C@H](O)[C@H]1NC(C)=O. The summed E-state index contributed by atoms with van der Waals surface area (Å²) in [6, 6.07) is 28.6. The summed E-state index contributed by atoms with van der Waals surface area (Å²) < 4.78 is 18.1. The lowest BCUT2D eigenvalue weighted by molar-refractivity contribution is -0.269. The highest BCUT2D eigenvalue weighted by molar-refractivity contribution is 5.73. The summed E-state index contributed by atoms with van der Waals surface area (Å²) in [5.41, 5.74) is 1.71. The molecular formula is C28H31NO6. The molecule has 35 heavy (non-hydrogen) atoms. The van der Waals surface area contributed by atoms with Gasteiger partial charge in [0.1, 0.15) is 30.0 Å². The number of methoxy groups -OCH3 is 1. The fraction of sp³-hybridized carbons (Fsp3) is 0.321. The van der Waals surface area contributed by atoms with E-state index in [0.717, 1.165) is 16.7 Å². The maximum atomic E-state index is 11.6. The van der Waals surface area contributed by atoms with Crippen molar-refractivity contribution >= 4 is 5.91 Å². The predicted molar refractivity (Wildman–Crippen MR) is 130 cm³/mol. The van der Waals surface area contributed by atoms with Crippen LogP contribution in [0.5, 0.6) is 0 Å². The Hall–Kier alpha value is -3.07. The van der Waals surface area contributed by atoms with Crippen molar-refractivity contribution in [2.45, 2.75) is 43.2 Å². The summed E-state index contributed by atoms with van der Waals surface area (Å²) >= 11 is 0. The minimum atomic E-state index is -1.31. The van der Waals surface area contributed by atoms with Gasteiger partial charge in [0.2, 0.25) is 5.91 Å². The van der Waals surface area contributed by atoms with Crippen molar-refractivity contribution in [3.05, 3.63) is 108 Å². The van der Waals surface area contributed by atoms with Gasteiger partial charge in [0.25, 0.3) is 0 Å². The number of benzene rings is 3. The Morgan fingerprint density at radius 2 is 1.31 bits per heavy atom. The third-order valence-electron chi connectivity index (χ3n) is 6.31. The second-order valence-corrected chi connectivity index (χ2v) is 8.58. The van der Waals surface area contributed by atoms with Crippen molar-refractivity contribution in [1.82, 2.24) is 5.32 Å². The van der Waals surface area contributed by atoms with Crippen LogP contribution < -0.4 is 5.32 Å². The molecule has 7 nitrogen and oxygen atoms in total. The molecule has 1 fully saturated rings. The molecule has 1 heterocycles. The van der Waals surface area contributed by atoms with E-state index in [9.17, 15) is 15.0 Å². The molecule has 4 rings (SSSR count). The number of ether oxygens (including phenoxy) is 3. The molecule has 0 radical (unpaired) electrons. The molecule has 3 aromatic rings. The molecule has 1 saturated heterocycles. The molecule has 3 aromatic carbocycles. The molecule has 3 N–H and O–H groups in total. The van der Waals surface area contributed by atoms with Crippen molar-refractivity contribution in [2.24, 2.45) is 0 Å². The number of carbonyl (C=O) groups excluding carboxylic acids is 1. The summed E-state index contributed by atoms with van der Waals surface area (Å²) in [6.07, 6.45) is -4.47. The predicted octanol–water partition coefficient (Wildman–Crippen LogP) is 2.59. The first-order valence-electron chi connectivity index (χ1n) is 11.6. The van der Waals surface area contributed by atoms with Crippen LogP contribution in [0.3, 0.4) is 0 Å². The van der Waals surface area contributed by atoms with Crippen LogP contribution in [0.2, 0.25) is 0 Å². The number of aliphatic hydroxyl groups is 2. The first kappa shape index (κ1) is 25.0. The summed E-state index contributed by atoms with van der Waals surface area (Å²) in [5, 5.41) is 24.2. The Bertz CT molecular complexity index is 980. The fourth-order valence-electron chi connectivity index (χ4n) is 4.63. The molecule has 0 saturated carbocycles. The average Bonchev–Trinajstić information content (AvgIpc) is 2.90. The van der Waals surface area contributed by atoms with Crippen LogP contribution in [0.4, 0.5) is 0 Å². The first-order valence-corrected chi connectivity index (χ1v) is 11.6. The number of rotatable bonds is 8. The van der Waals surface area contributed by atoms with Gasteiger partial charge in [0.15, 0.2) is 6.29 Å². The Morgan fingerprint density at radius 3 is 1.71 bits per heavy atom. The number of hydrogen-bond acceptors (Lipinski definition) is 6. The van der Waals surface area contributed by atoms with Crippen molar-refractivity contribution in [3.8, 4) is 0 Å². The Labute approximate surface area is 205 Å². The van der Waals surface area contributed by atoms with Crippen LogP contribution in [0.15, 0.2) is 91.0 Å². The van der Waals surface area contributed by atoms with Crippen LogP contribution in [-0.4, -0.2) is 60.5 Å².